The number of carbonyl (C=O) groups is 2. The van der Waals surface area contributed by atoms with Crippen molar-refractivity contribution in [2.45, 2.75) is 165 Å². The SMILES string of the molecule is CCCCCCC(C)(C)c1cc(O)c2c(c1)OC(C)(C)[C@@H]1CCC(=O)C[C@@H]21.O=C1CC[C@@]2(O)[C@H]3Cc4ccc(O)c5c4[C@@]2(CCN3CC2CC2)[C@H]1O5. The molecule has 0 unspecified atom stereocenters. The van der Waals surface area contributed by atoms with Gasteiger partial charge in [0, 0.05) is 54.8 Å². The monoisotopic (exact) mass is 713 g/mol. The van der Waals surface area contributed by atoms with E-state index in [1.165, 1.54) is 38.5 Å². The fraction of sp³-hybridized carbons (Fsp3) is 0.682. The first-order chi connectivity index (χ1) is 24.7. The number of ether oxygens (including phenoxy) is 2. The van der Waals surface area contributed by atoms with Gasteiger partial charge in [-0.3, -0.25) is 14.5 Å². The van der Waals surface area contributed by atoms with Crippen LogP contribution in [0.4, 0.5) is 0 Å². The van der Waals surface area contributed by atoms with Gasteiger partial charge in [0.05, 0.1) is 11.0 Å². The highest BCUT2D eigenvalue weighted by atomic mass is 16.5. The average molecular weight is 714 g/mol. The number of hydrogen-bond donors (Lipinski definition) is 3. The fourth-order valence-electron chi connectivity index (χ4n) is 11.4. The molecule has 2 aromatic rings. The molecule has 7 aliphatic rings. The van der Waals surface area contributed by atoms with E-state index in [0.717, 1.165) is 72.7 Å². The summed E-state index contributed by atoms with van der Waals surface area (Å²) >= 11 is 0. The number of benzene rings is 2. The maximum Gasteiger partial charge on any atom is 0.174 e. The Kier molecular flexibility index (Phi) is 8.80. The second-order valence-corrected chi connectivity index (χ2v) is 18.5. The summed E-state index contributed by atoms with van der Waals surface area (Å²) in [6.45, 7) is 12.9. The van der Waals surface area contributed by atoms with Crippen molar-refractivity contribution in [2.75, 3.05) is 13.1 Å². The highest BCUT2D eigenvalue weighted by molar-refractivity contribution is 5.90. The summed E-state index contributed by atoms with van der Waals surface area (Å²) in [6.07, 6.45) is 12.4. The smallest absolute Gasteiger partial charge is 0.174 e. The molecular weight excluding hydrogens is 654 g/mol. The minimum atomic E-state index is -0.940. The lowest BCUT2D eigenvalue weighted by Crippen LogP contribution is -2.76. The topological polar surface area (TPSA) is 117 Å². The number of ketones is 2. The van der Waals surface area contributed by atoms with E-state index in [1.54, 1.807) is 6.07 Å². The fourth-order valence-corrected chi connectivity index (χ4v) is 11.4. The Morgan fingerprint density at radius 2 is 1.75 bits per heavy atom. The van der Waals surface area contributed by atoms with E-state index < -0.39 is 17.1 Å². The van der Waals surface area contributed by atoms with Gasteiger partial charge in [0.1, 0.15) is 22.9 Å². The van der Waals surface area contributed by atoms with Crippen LogP contribution >= 0.6 is 0 Å². The van der Waals surface area contributed by atoms with E-state index >= 15 is 0 Å². The molecule has 1 spiro atoms. The lowest BCUT2D eigenvalue weighted by molar-refractivity contribution is -0.188. The normalized spacial score (nSPS) is 32.4. The Labute approximate surface area is 309 Å². The lowest BCUT2D eigenvalue weighted by Gasteiger charge is -2.62. The van der Waals surface area contributed by atoms with Gasteiger partial charge in [-0.05, 0) is 106 Å². The molecule has 0 aromatic heterocycles. The quantitative estimate of drug-likeness (QED) is 0.238. The average Bonchev–Trinajstić information content (AvgIpc) is 3.83. The summed E-state index contributed by atoms with van der Waals surface area (Å²) in [5.74, 6) is 3.14. The number of fused-ring (bicyclic) bond motifs is 3. The molecule has 2 aromatic carbocycles. The van der Waals surface area contributed by atoms with Crippen LogP contribution in [0.25, 0.3) is 0 Å². The Morgan fingerprint density at radius 3 is 2.50 bits per heavy atom. The van der Waals surface area contributed by atoms with E-state index in [2.05, 4.69) is 45.6 Å². The van der Waals surface area contributed by atoms with Crippen LogP contribution in [-0.2, 0) is 26.8 Å². The van der Waals surface area contributed by atoms with Gasteiger partial charge in [0.15, 0.2) is 23.4 Å². The molecule has 0 amide bonds. The number of phenolic OH excluding ortho intramolecular Hbond substituents is 2. The molecule has 3 heterocycles. The predicted octanol–water partition coefficient (Wildman–Crippen LogP) is 7.79. The number of Topliss-reactive ketones (excluding diaryl/α,β-unsaturated/α-hetero) is 2. The third-order valence-electron chi connectivity index (χ3n) is 14.4. The summed E-state index contributed by atoms with van der Waals surface area (Å²) in [4.78, 5) is 27.3. The maximum atomic E-state index is 12.7. The number of hydrogen-bond acceptors (Lipinski definition) is 8. The first-order valence-electron chi connectivity index (χ1n) is 20.3. The van der Waals surface area contributed by atoms with E-state index in [0.29, 0.717) is 43.0 Å². The number of phenols is 2. The summed E-state index contributed by atoms with van der Waals surface area (Å²) in [5.41, 5.74) is 2.13. The van der Waals surface area contributed by atoms with Crippen LogP contribution in [0.5, 0.6) is 23.0 Å². The highest BCUT2D eigenvalue weighted by Gasteiger charge is 2.73. The Bertz CT molecular complexity index is 1760. The third-order valence-corrected chi connectivity index (χ3v) is 14.4. The molecule has 6 atom stereocenters. The zero-order chi connectivity index (χ0) is 36.8. The Hall–Kier alpha value is -3.10. The van der Waals surface area contributed by atoms with Gasteiger partial charge >= 0.3 is 0 Å². The Balaban J connectivity index is 0.000000149. The van der Waals surface area contributed by atoms with Crippen molar-refractivity contribution in [1.82, 2.24) is 4.90 Å². The molecular formula is C44H59NO7. The maximum absolute atomic E-state index is 12.7. The first kappa shape index (κ1) is 35.9. The molecule has 52 heavy (non-hydrogen) atoms. The number of rotatable bonds is 8. The van der Waals surface area contributed by atoms with E-state index in [9.17, 15) is 24.9 Å². The van der Waals surface area contributed by atoms with Gasteiger partial charge in [-0.15, -0.1) is 0 Å². The molecule has 282 valence electrons. The summed E-state index contributed by atoms with van der Waals surface area (Å²) in [5, 5.41) is 33.2. The van der Waals surface area contributed by atoms with Crippen LogP contribution in [0.1, 0.15) is 146 Å². The molecule has 4 fully saturated rings. The summed E-state index contributed by atoms with van der Waals surface area (Å²) < 4.78 is 12.4. The standard InChI is InChI=1S/C24H36O3.C20H23NO4/c1-6-7-8-9-12-23(2,3)16-13-20(26)22-18-15-17(25)10-11-19(18)24(4,5)27-21(22)14-16;22-13-4-3-12-9-15-20(24)6-5-14(23)18-19(20,16(12)17(13)25-18)7-8-21(15)10-11-1-2-11/h13-14,18-19,26H,6-12,15H2,1-5H3;3-4,11,15,18,22,24H,1-2,5-10H2/t18-,19-;15-,18+,19+,20-/m11/s1. The van der Waals surface area contributed by atoms with Gasteiger partial charge in [0.25, 0.3) is 0 Å². The van der Waals surface area contributed by atoms with Gasteiger partial charge in [0.2, 0.25) is 0 Å². The van der Waals surface area contributed by atoms with Gasteiger partial charge < -0.3 is 24.8 Å². The van der Waals surface area contributed by atoms with Crippen LogP contribution in [-0.4, -0.2) is 68.2 Å². The largest absolute Gasteiger partial charge is 0.508 e. The van der Waals surface area contributed by atoms with Crippen LogP contribution in [0, 0.1) is 11.8 Å². The van der Waals surface area contributed by atoms with Crippen molar-refractivity contribution in [2.24, 2.45) is 11.8 Å². The molecule has 3 aliphatic heterocycles. The second-order valence-electron chi connectivity index (χ2n) is 18.5. The molecule has 3 saturated carbocycles. The number of likely N-dealkylation sites (tertiary alicyclic amines) is 1. The van der Waals surface area contributed by atoms with Crippen LogP contribution in [0.2, 0.25) is 0 Å². The molecule has 1 saturated heterocycles. The molecule has 8 nitrogen and oxygen atoms in total. The van der Waals surface area contributed by atoms with E-state index in [4.69, 9.17) is 9.47 Å². The summed E-state index contributed by atoms with van der Waals surface area (Å²) in [7, 11) is 0. The van der Waals surface area contributed by atoms with Gasteiger partial charge in [-0.1, -0.05) is 52.5 Å². The minimum Gasteiger partial charge on any atom is -0.508 e. The number of nitrogens with zero attached hydrogens (tertiary/aromatic N) is 1. The zero-order valence-electron chi connectivity index (χ0n) is 31.9. The van der Waals surface area contributed by atoms with E-state index in [-0.39, 0.29) is 40.4 Å². The van der Waals surface area contributed by atoms with Crippen molar-refractivity contribution in [3.8, 4) is 23.0 Å². The molecule has 3 N–H and O–H groups in total. The predicted molar refractivity (Wildman–Crippen MR) is 199 cm³/mol. The van der Waals surface area contributed by atoms with Gasteiger partial charge in [-0.25, -0.2) is 0 Å². The van der Waals surface area contributed by atoms with Crippen molar-refractivity contribution < 1.29 is 34.4 Å². The first-order valence-corrected chi connectivity index (χ1v) is 20.3. The molecule has 2 bridgehead atoms. The molecule has 8 heteroatoms. The highest BCUT2D eigenvalue weighted by Crippen LogP contribution is 2.65. The van der Waals surface area contributed by atoms with Gasteiger partial charge in [-0.2, -0.15) is 0 Å². The third kappa shape index (κ3) is 5.59. The summed E-state index contributed by atoms with van der Waals surface area (Å²) in [6, 6.07) is 7.75. The number of aliphatic hydroxyl groups is 1. The zero-order valence-corrected chi connectivity index (χ0v) is 31.9. The van der Waals surface area contributed by atoms with Crippen LogP contribution < -0.4 is 9.47 Å². The molecule has 0 radical (unpaired) electrons. The second kappa shape index (κ2) is 12.8. The number of unbranched alkanes of at least 4 members (excludes halogenated alkanes) is 3. The van der Waals surface area contributed by atoms with Crippen molar-refractivity contribution in [1.29, 1.82) is 0 Å². The van der Waals surface area contributed by atoms with Crippen LogP contribution in [0.15, 0.2) is 24.3 Å². The number of piperidine rings is 1. The minimum absolute atomic E-state index is 0.00696. The Morgan fingerprint density at radius 1 is 0.962 bits per heavy atom. The molecule has 9 rings (SSSR count). The number of carbonyl (C=O) groups excluding carboxylic acids is 2. The lowest BCUT2D eigenvalue weighted by atomic mass is 9.49. The van der Waals surface area contributed by atoms with Crippen LogP contribution in [0.3, 0.4) is 0 Å². The number of aromatic hydroxyl groups is 2. The van der Waals surface area contributed by atoms with Crippen molar-refractivity contribution in [3.63, 3.8) is 0 Å². The van der Waals surface area contributed by atoms with Crippen molar-refractivity contribution >= 4 is 11.6 Å². The molecule has 4 aliphatic carbocycles. The van der Waals surface area contributed by atoms with E-state index in [1.807, 2.05) is 12.1 Å². The van der Waals surface area contributed by atoms with Crippen molar-refractivity contribution in [3.05, 3.63) is 46.5 Å².